The Morgan fingerprint density at radius 2 is 1.82 bits per heavy atom. The number of nitrogens with zero attached hydrogens (tertiary/aromatic N) is 4. The van der Waals surface area contributed by atoms with Gasteiger partial charge in [0, 0.05) is 69.2 Å². The molecule has 1 N–H and O–H groups in total. The Balaban J connectivity index is 1.53. The van der Waals surface area contributed by atoms with Gasteiger partial charge in [-0.1, -0.05) is 12.1 Å². The molecule has 0 saturated carbocycles. The third-order valence-electron chi connectivity index (χ3n) is 6.04. The average Bonchev–Trinajstić information content (AvgIpc) is 3.26. The molecule has 7 nitrogen and oxygen atoms in total. The van der Waals surface area contributed by atoms with E-state index in [0.29, 0.717) is 17.8 Å². The summed E-state index contributed by atoms with van der Waals surface area (Å²) < 4.78 is 34.0. The highest BCUT2D eigenvalue weighted by molar-refractivity contribution is 5.89. The van der Waals surface area contributed by atoms with Crippen molar-refractivity contribution in [1.29, 1.82) is 0 Å². The van der Waals surface area contributed by atoms with E-state index in [2.05, 4.69) is 27.3 Å². The zero-order valence-electron chi connectivity index (χ0n) is 19.4. The van der Waals surface area contributed by atoms with E-state index in [1.54, 1.807) is 30.5 Å². The lowest BCUT2D eigenvalue weighted by Crippen LogP contribution is -2.46. The molecule has 3 aromatic rings. The number of halogens is 2. The summed E-state index contributed by atoms with van der Waals surface area (Å²) >= 11 is 0. The van der Waals surface area contributed by atoms with Crippen LogP contribution in [0.3, 0.4) is 0 Å². The first-order valence-corrected chi connectivity index (χ1v) is 11.3. The van der Waals surface area contributed by atoms with Gasteiger partial charge in [0.05, 0.1) is 18.4 Å². The summed E-state index contributed by atoms with van der Waals surface area (Å²) in [4.78, 5) is 16.5. The van der Waals surface area contributed by atoms with Crippen molar-refractivity contribution < 1.29 is 18.3 Å². The molecule has 1 saturated heterocycles. The van der Waals surface area contributed by atoms with Crippen molar-refractivity contribution in [1.82, 2.24) is 24.9 Å². The molecule has 0 amide bonds. The number of aromatic nitrogens is 2. The molecule has 180 valence electrons. The van der Waals surface area contributed by atoms with Crippen LogP contribution in [-0.2, 0) is 11.3 Å². The molecule has 0 atom stereocenters. The van der Waals surface area contributed by atoms with Crippen molar-refractivity contribution in [3.63, 3.8) is 0 Å². The third kappa shape index (κ3) is 5.67. The van der Waals surface area contributed by atoms with E-state index in [1.165, 1.54) is 23.9 Å². The number of benzene rings is 2. The lowest BCUT2D eigenvalue weighted by atomic mass is 10.1. The van der Waals surface area contributed by atoms with Gasteiger partial charge in [-0.25, -0.2) is 18.3 Å². The Morgan fingerprint density at radius 3 is 2.50 bits per heavy atom. The van der Waals surface area contributed by atoms with Crippen LogP contribution in [0.2, 0.25) is 0 Å². The number of methoxy groups -OCH3 is 1. The second kappa shape index (κ2) is 10.9. The van der Waals surface area contributed by atoms with E-state index < -0.39 is 17.6 Å². The van der Waals surface area contributed by atoms with Crippen LogP contribution in [0, 0.1) is 11.6 Å². The number of esters is 1. The van der Waals surface area contributed by atoms with E-state index in [9.17, 15) is 13.6 Å². The fourth-order valence-corrected chi connectivity index (χ4v) is 3.99. The summed E-state index contributed by atoms with van der Waals surface area (Å²) in [5.74, 6) is -1.75. The normalized spacial score (nSPS) is 14.9. The van der Waals surface area contributed by atoms with Gasteiger partial charge in [0.15, 0.2) is 5.82 Å². The molecule has 0 unspecified atom stereocenters. The minimum absolute atomic E-state index is 0.164. The lowest BCUT2D eigenvalue weighted by Gasteiger charge is -2.32. The number of hydrogen-bond acceptors (Lipinski definition) is 6. The Kier molecular flexibility index (Phi) is 7.66. The molecule has 1 fully saturated rings. The topological polar surface area (TPSA) is 62.6 Å². The van der Waals surface area contributed by atoms with Crippen LogP contribution < -0.4 is 5.32 Å². The summed E-state index contributed by atoms with van der Waals surface area (Å²) in [6.07, 6.45) is 1.75. The van der Waals surface area contributed by atoms with Crippen molar-refractivity contribution >= 4 is 5.97 Å². The smallest absolute Gasteiger partial charge is 0.337 e. The Hall–Kier alpha value is -3.14. The highest BCUT2D eigenvalue weighted by Crippen LogP contribution is 2.25. The molecule has 1 aliphatic heterocycles. The molecule has 9 heteroatoms. The summed E-state index contributed by atoms with van der Waals surface area (Å²) in [7, 11) is 3.47. The number of nitrogens with one attached hydrogen (secondary N) is 1. The fourth-order valence-electron chi connectivity index (χ4n) is 3.99. The number of hydrogen-bond donors (Lipinski definition) is 1. The van der Waals surface area contributed by atoms with Gasteiger partial charge in [-0.05, 0) is 31.3 Å². The van der Waals surface area contributed by atoms with Crippen LogP contribution in [-0.4, -0.2) is 79.0 Å². The molecular weight excluding hydrogens is 440 g/mol. The van der Waals surface area contributed by atoms with Gasteiger partial charge >= 0.3 is 5.97 Å². The van der Waals surface area contributed by atoms with Crippen LogP contribution in [0.15, 0.2) is 48.7 Å². The van der Waals surface area contributed by atoms with Gasteiger partial charge in [0.2, 0.25) is 0 Å². The largest absolute Gasteiger partial charge is 0.465 e. The standard InChI is InChI=1S/C25H29F2N5O2/c1-30-11-13-31(14-12-30)10-9-28-16-20-17-32(23-8-7-21(26)15-22(23)27)29-24(20)18-3-5-19(6-4-18)25(33)34-2/h3-8,15,17,28H,9-14,16H2,1-2H3. The number of rotatable bonds is 8. The summed E-state index contributed by atoms with van der Waals surface area (Å²) in [5, 5.41) is 8.06. The molecule has 4 rings (SSSR count). The van der Waals surface area contributed by atoms with E-state index in [-0.39, 0.29) is 5.69 Å². The van der Waals surface area contributed by atoms with Gasteiger partial charge in [-0.3, -0.25) is 4.90 Å². The number of likely N-dealkylation sites (N-methyl/N-ethyl adjacent to an activating group) is 1. The predicted octanol–water partition coefficient (Wildman–Crippen LogP) is 2.94. The predicted molar refractivity (Wildman–Crippen MR) is 126 cm³/mol. The maximum absolute atomic E-state index is 14.4. The van der Waals surface area contributed by atoms with Crippen molar-refractivity contribution in [2.45, 2.75) is 6.54 Å². The summed E-state index contributed by atoms with van der Waals surface area (Å²) in [6.45, 7) is 6.53. The second-order valence-electron chi connectivity index (χ2n) is 8.43. The molecule has 0 radical (unpaired) electrons. The van der Waals surface area contributed by atoms with Crippen molar-refractivity contribution in [2.75, 3.05) is 53.4 Å². The summed E-state index contributed by atoms with van der Waals surface area (Å²) in [5.41, 5.74) is 2.91. The van der Waals surface area contributed by atoms with Crippen LogP contribution in [0.1, 0.15) is 15.9 Å². The Bertz CT molecular complexity index is 1120. The van der Waals surface area contributed by atoms with Crippen molar-refractivity contribution in [2.24, 2.45) is 0 Å². The van der Waals surface area contributed by atoms with Gasteiger partial charge in [-0.2, -0.15) is 5.10 Å². The average molecular weight is 470 g/mol. The van der Waals surface area contributed by atoms with Crippen molar-refractivity contribution in [3.8, 4) is 16.9 Å². The fraction of sp³-hybridized carbons (Fsp3) is 0.360. The third-order valence-corrected chi connectivity index (χ3v) is 6.04. The quantitative estimate of drug-likeness (QED) is 0.404. The maximum atomic E-state index is 14.4. The number of ether oxygens (including phenoxy) is 1. The molecule has 2 heterocycles. The van der Waals surface area contributed by atoms with Crippen LogP contribution in [0.25, 0.3) is 16.9 Å². The van der Waals surface area contributed by atoms with Crippen LogP contribution >= 0.6 is 0 Å². The van der Waals surface area contributed by atoms with Crippen molar-refractivity contribution in [3.05, 3.63) is 71.4 Å². The monoisotopic (exact) mass is 469 g/mol. The number of carbonyl (C=O) groups excluding carboxylic acids is 1. The zero-order valence-corrected chi connectivity index (χ0v) is 19.4. The Labute approximate surface area is 197 Å². The van der Waals surface area contributed by atoms with E-state index in [4.69, 9.17) is 4.74 Å². The van der Waals surface area contributed by atoms with Gasteiger partial charge < -0.3 is 15.0 Å². The second-order valence-corrected chi connectivity index (χ2v) is 8.43. The van der Waals surface area contributed by atoms with Gasteiger partial charge in [-0.15, -0.1) is 0 Å². The Morgan fingerprint density at radius 1 is 1.09 bits per heavy atom. The molecule has 1 aromatic heterocycles. The van der Waals surface area contributed by atoms with E-state index in [1.807, 2.05) is 0 Å². The molecule has 0 spiro atoms. The molecule has 0 bridgehead atoms. The first-order chi connectivity index (χ1) is 16.4. The highest BCUT2D eigenvalue weighted by atomic mass is 19.1. The first kappa shape index (κ1) is 24.0. The van der Waals surface area contributed by atoms with Gasteiger partial charge in [0.25, 0.3) is 0 Å². The maximum Gasteiger partial charge on any atom is 0.337 e. The molecule has 0 aliphatic carbocycles. The first-order valence-electron chi connectivity index (χ1n) is 11.3. The van der Waals surface area contributed by atoms with Crippen LogP contribution in [0.5, 0.6) is 0 Å². The molecule has 1 aliphatic rings. The number of piperazine rings is 1. The number of carbonyl (C=O) groups is 1. The van der Waals surface area contributed by atoms with E-state index >= 15 is 0 Å². The van der Waals surface area contributed by atoms with E-state index in [0.717, 1.165) is 56.5 Å². The zero-order chi connectivity index (χ0) is 24.1. The molecular formula is C25H29F2N5O2. The highest BCUT2D eigenvalue weighted by Gasteiger charge is 2.17. The van der Waals surface area contributed by atoms with Crippen LogP contribution in [0.4, 0.5) is 8.78 Å². The lowest BCUT2D eigenvalue weighted by molar-refractivity contribution is 0.0600. The van der Waals surface area contributed by atoms with Gasteiger partial charge in [0.1, 0.15) is 11.5 Å². The minimum Gasteiger partial charge on any atom is -0.465 e. The molecule has 34 heavy (non-hydrogen) atoms. The summed E-state index contributed by atoms with van der Waals surface area (Å²) in [6, 6.07) is 10.3. The minimum atomic E-state index is -0.690. The molecule has 2 aromatic carbocycles. The SMILES string of the molecule is COC(=O)c1ccc(-c2nn(-c3ccc(F)cc3F)cc2CNCCN2CCN(C)CC2)cc1.